The van der Waals surface area contributed by atoms with Gasteiger partial charge in [0, 0.05) is 19.2 Å². The van der Waals surface area contributed by atoms with Crippen LogP contribution in [0.2, 0.25) is 0 Å². The third-order valence-electron chi connectivity index (χ3n) is 3.32. The normalized spacial score (nSPS) is 14.8. The van der Waals surface area contributed by atoms with Crippen molar-refractivity contribution >= 4 is 0 Å². The molecule has 0 aliphatic rings. The van der Waals surface area contributed by atoms with E-state index < -0.39 is 0 Å². The second kappa shape index (κ2) is 12.9. The van der Waals surface area contributed by atoms with Crippen molar-refractivity contribution in [2.24, 2.45) is 5.92 Å². The molecule has 0 aromatic carbocycles. The fraction of sp³-hybridized carbons (Fsp3) is 1.00. The summed E-state index contributed by atoms with van der Waals surface area (Å²) in [5.41, 5.74) is 0. The molecule has 0 fully saturated rings. The predicted molar refractivity (Wildman–Crippen MR) is 82.5 cm³/mol. The molecule has 116 valence electrons. The monoisotopic (exact) mass is 273 g/mol. The first-order valence-corrected chi connectivity index (χ1v) is 8.05. The third-order valence-corrected chi connectivity index (χ3v) is 3.32. The number of hydrogen-bond acceptors (Lipinski definition) is 3. The van der Waals surface area contributed by atoms with Crippen LogP contribution in [0.3, 0.4) is 0 Å². The van der Waals surface area contributed by atoms with Crippen molar-refractivity contribution in [3.63, 3.8) is 0 Å². The summed E-state index contributed by atoms with van der Waals surface area (Å²) in [6, 6.07) is 0.488. The minimum atomic E-state index is -0.382. The maximum atomic E-state index is 9.79. The van der Waals surface area contributed by atoms with Gasteiger partial charge in [0.05, 0.1) is 12.7 Å². The molecule has 0 aromatic heterocycles. The van der Waals surface area contributed by atoms with Gasteiger partial charge >= 0.3 is 0 Å². The zero-order valence-electron chi connectivity index (χ0n) is 13.5. The molecule has 0 aliphatic carbocycles. The highest BCUT2D eigenvalue weighted by Gasteiger charge is 2.07. The number of aliphatic hydroxyl groups excluding tert-OH is 1. The molecule has 3 heteroatoms. The lowest BCUT2D eigenvalue weighted by atomic mass is 10.1. The highest BCUT2D eigenvalue weighted by molar-refractivity contribution is 4.65. The van der Waals surface area contributed by atoms with E-state index >= 15 is 0 Å². The standard InChI is InChI=1S/C16H35NO2/c1-5-6-7-10-15(4)17-12-16(18)13-19-11-8-9-14(2)3/h14-18H,5-13H2,1-4H3. The molecule has 0 bridgehead atoms. The summed E-state index contributed by atoms with van der Waals surface area (Å²) >= 11 is 0. The largest absolute Gasteiger partial charge is 0.389 e. The van der Waals surface area contributed by atoms with Crippen molar-refractivity contribution in [3.05, 3.63) is 0 Å². The first kappa shape index (κ1) is 18.9. The lowest BCUT2D eigenvalue weighted by molar-refractivity contribution is 0.0336. The van der Waals surface area contributed by atoms with E-state index in [0.29, 0.717) is 19.2 Å². The van der Waals surface area contributed by atoms with Crippen LogP contribution in [0.15, 0.2) is 0 Å². The third kappa shape index (κ3) is 14.1. The number of ether oxygens (including phenoxy) is 1. The van der Waals surface area contributed by atoms with E-state index in [1.807, 2.05) is 0 Å². The van der Waals surface area contributed by atoms with Gasteiger partial charge in [0.15, 0.2) is 0 Å². The molecular weight excluding hydrogens is 238 g/mol. The average molecular weight is 273 g/mol. The molecule has 0 rings (SSSR count). The van der Waals surface area contributed by atoms with E-state index in [0.717, 1.165) is 18.9 Å². The van der Waals surface area contributed by atoms with Gasteiger partial charge < -0.3 is 15.2 Å². The number of unbranched alkanes of at least 4 members (excludes halogenated alkanes) is 2. The van der Waals surface area contributed by atoms with E-state index in [1.54, 1.807) is 0 Å². The van der Waals surface area contributed by atoms with Crippen LogP contribution in [0.1, 0.15) is 66.2 Å². The summed E-state index contributed by atoms with van der Waals surface area (Å²) in [4.78, 5) is 0. The van der Waals surface area contributed by atoms with E-state index in [-0.39, 0.29) is 6.10 Å². The van der Waals surface area contributed by atoms with Crippen molar-refractivity contribution in [3.8, 4) is 0 Å². The first-order valence-electron chi connectivity index (χ1n) is 8.05. The molecule has 3 nitrogen and oxygen atoms in total. The maximum absolute atomic E-state index is 9.79. The Labute approximate surface area is 120 Å². The molecule has 0 aliphatic heterocycles. The molecule has 0 radical (unpaired) electrons. The van der Waals surface area contributed by atoms with Crippen molar-refractivity contribution < 1.29 is 9.84 Å². The highest BCUT2D eigenvalue weighted by Crippen LogP contribution is 2.04. The number of aliphatic hydroxyl groups is 1. The number of hydrogen-bond donors (Lipinski definition) is 2. The van der Waals surface area contributed by atoms with Gasteiger partial charge in [-0.25, -0.2) is 0 Å². The van der Waals surface area contributed by atoms with Crippen LogP contribution in [-0.2, 0) is 4.74 Å². The summed E-state index contributed by atoms with van der Waals surface area (Å²) in [5.74, 6) is 0.735. The molecule has 2 N–H and O–H groups in total. The van der Waals surface area contributed by atoms with Crippen molar-refractivity contribution in [1.82, 2.24) is 5.32 Å². The smallest absolute Gasteiger partial charge is 0.0897 e. The Hall–Kier alpha value is -0.120. The zero-order valence-corrected chi connectivity index (χ0v) is 13.5. The minimum Gasteiger partial charge on any atom is -0.389 e. The first-order chi connectivity index (χ1) is 9.06. The van der Waals surface area contributed by atoms with Crippen LogP contribution in [-0.4, -0.2) is 37.0 Å². The van der Waals surface area contributed by atoms with Crippen LogP contribution in [0, 0.1) is 5.92 Å². The lowest BCUT2D eigenvalue weighted by Crippen LogP contribution is -2.36. The van der Waals surface area contributed by atoms with Gasteiger partial charge in [-0.2, -0.15) is 0 Å². The van der Waals surface area contributed by atoms with Crippen LogP contribution >= 0.6 is 0 Å². The topological polar surface area (TPSA) is 41.5 Å². The average Bonchev–Trinajstić information content (AvgIpc) is 2.36. The molecule has 2 atom stereocenters. The van der Waals surface area contributed by atoms with Gasteiger partial charge in [-0.05, 0) is 32.1 Å². The molecule has 0 heterocycles. The molecule has 0 amide bonds. The van der Waals surface area contributed by atoms with Gasteiger partial charge in [0.2, 0.25) is 0 Å². The van der Waals surface area contributed by atoms with Crippen molar-refractivity contribution in [2.45, 2.75) is 78.4 Å². The Bertz CT molecular complexity index is 186. The Morgan fingerprint density at radius 2 is 1.79 bits per heavy atom. The van der Waals surface area contributed by atoms with E-state index in [2.05, 4.69) is 33.0 Å². The van der Waals surface area contributed by atoms with Crippen molar-refractivity contribution in [1.29, 1.82) is 0 Å². The summed E-state index contributed by atoms with van der Waals surface area (Å²) in [5, 5.41) is 13.2. The van der Waals surface area contributed by atoms with Crippen LogP contribution in [0.4, 0.5) is 0 Å². The predicted octanol–water partition coefficient (Wildman–Crippen LogP) is 3.36. The van der Waals surface area contributed by atoms with Gasteiger partial charge in [0.25, 0.3) is 0 Å². The highest BCUT2D eigenvalue weighted by atomic mass is 16.5. The summed E-state index contributed by atoms with van der Waals surface area (Å²) in [7, 11) is 0. The molecular formula is C16H35NO2. The molecule has 19 heavy (non-hydrogen) atoms. The second-order valence-electron chi connectivity index (χ2n) is 6.07. The lowest BCUT2D eigenvalue weighted by Gasteiger charge is -2.17. The van der Waals surface area contributed by atoms with Crippen LogP contribution in [0.5, 0.6) is 0 Å². The van der Waals surface area contributed by atoms with E-state index in [4.69, 9.17) is 4.74 Å². The Balaban J connectivity index is 3.35. The van der Waals surface area contributed by atoms with E-state index in [1.165, 1.54) is 32.1 Å². The molecule has 0 saturated carbocycles. The van der Waals surface area contributed by atoms with Crippen LogP contribution < -0.4 is 5.32 Å². The van der Waals surface area contributed by atoms with Crippen LogP contribution in [0.25, 0.3) is 0 Å². The Morgan fingerprint density at radius 3 is 2.42 bits per heavy atom. The molecule has 0 saturated heterocycles. The molecule has 0 aromatic rings. The number of nitrogens with one attached hydrogen (secondary N) is 1. The van der Waals surface area contributed by atoms with Crippen molar-refractivity contribution in [2.75, 3.05) is 19.8 Å². The molecule has 2 unspecified atom stereocenters. The SMILES string of the molecule is CCCCCC(C)NCC(O)COCCCC(C)C. The summed E-state index contributed by atoms with van der Waals surface area (Å²) in [6.45, 7) is 10.7. The van der Waals surface area contributed by atoms with Gasteiger partial charge in [-0.15, -0.1) is 0 Å². The number of rotatable bonds is 13. The van der Waals surface area contributed by atoms with E-state index in [9.17, 15) is 5.11 Å². The summed E-state index contributed by atoms with van der Waals surface area (Å²) in [6.07, 6.45) is 6.93. The fourth-order valence-electron chi connectivity index (χ4n) is 2.01. The Kier molecular flexibility index (Phi) is 12.8. The van der Waals surface area contributed by atoms with Gasteiger partial charge in [0.1, 0.15) is 0 Å². The van der Waals surface area contributed by atoms with Gasteiger partial charge in [-0.3, -0.25) is 0 Å². The molecule has 0 spiro atoms. The minimum absolute atomic E-state index is 0.382. The summed E-state index contributed by atoms with van der Waals surface area (Å²) < 4.78 is 5.49. The maximum Gasteiger partial charge on any atom is 0.0897 e. The quantitative estimate of drug-likeness (QED) is 0.506. The van der Waals surface area contributed by atoms with Gasteiger partial charge in [-0.1, -0.05) is 40.0 Å². The Morgan fingerprint density at radius 1 is 1.05 bits per heavy atom. The fourth-order valence-corrected chi connectivity index (χ4v) is 2.01. The zero-order chi connectivity index (χ0) is 14.5. The second-order valence-corrected chi connectivity index (χ2v) is 6.07.